The van der Waals surface area contributed by atoms with Crippen molar-refractivity contribution in [2.45, 2.75) is 161 Å². The van der Waals surface area contributed by atoms with Crippen LogP contribution in [0.25, 0.3) is 16.9 Å². The molecule has 44 heavy (non-hydrogen) atoms. The summed E-state index contributed by atoms with van der Waals surface area (Å²) in [7, 11) is 0. The number of allylic oxidation sites excluding steroid dienone is 2. The van der Waals surface area contributed by atoms with Crippen molar-refractivity contribution in [2.24, 2.45) is 0 Å². The van der Waals surface area contributed by atoms with Crippen molar-refractivity contribution in [3.63, 3.8) is 0 Å². The van der Waals surface area contributed by atoms with Crippen LogP contribution in [-0.2, 0) is 27.3 Å². The molecule has 0 unspecified atom stereocenters. The van der Waals surface area contributed by atoms with Gasteiger partial charge in [-0.3, -0.25) is 0 Å². The molecule has 1 heterocycles. The van der Waals surface area contributed by atoms with Crippen LogP contribution in [0.5, 0.6) is 0 Å². The first-order chi connectivity index (χ1) is 21.6. The number of hydrogen-bond acceptors (Lipinski definition) is 0. The van der Waals surface area contributed by atoms with E-state index in [4.69, 9.17) is 0 Å². The molecule has 0 aromatic heterocycles. The van der Waals surface area contributed by atoms with Gasteiger partial charge in [0, 0.05) is 22.3 Å². The summed E-state index contributed by atoms with van der Waals surface area (Å²) >= 11 is 1.94. The first-order valence-corrected chi connectivity index (χ1v) is 19.5. The summed E-state index contributed by atoms with van der Waals surface area (Å²) in [5.41, 5.74) is 21.4. The zero-order chi connectivity index (χ0) is 32.0. The Morgan fingerprint density at radius 2 is 0.818 bits per heavy atom. The van der Waals surface area contributed by atoms with Crippen molar-refractivity contribution in [1.82, 2.24) is 0 Å². The Bertz CT molecular complexity index is 1120. The summed E-state index contributed by atoms with van der Waals surface area (Å²) < 4.78 is 1.52. The van der Waals surface area contributed by atoms with E-state index in [0.717, 1.165) is 73.9 Å². The molecule has 0 amide bonds. The average Bonchev–Trinajstić information content (AvgIpc) is 3.33. The van der Waals surface area contributed by atoms with E-state index in [9.17, 15) is 5.53 Å². The van der Waals surface area contributed by atoms with Gasteiger partial charge >= 0.3 is 64.8 Å². The van der Waals surface area contributed by atoms with Gasteiger partial charge in [0.05, 0.1) is 0 Å². The third-order valence-electron chi connectivity index (χ3n) is 8.42. The van der Waals surface area contributed by atoms with Crippen LogP contribution in [0.4, 0.5) is 0 Å². The van der Waals surface area contributed by atoms with Crippen molar-refractivity contribution in [1.29, 1.82) is 0 Å². The molecule has 0 bridgehead atoms. The van der Waals surface area contributed by atoms with Gasteiger partial charge in [0.2, 0.25) is 11.4 Å². The molecule has 1 aliphatic heterocycles. The Balaban J connectivity index is 0.000000651. The van der Waals surface area contributed by atoms with Gasteiger partial charge in [-0.1, -0.05) is 84.1 Å². The first-order valence-electron chi connectivity index (χ1n) is 18.1. The minimum absolute atomic E-state index is 0.994. The number of rotatable bonds is 21. The van der Waals surface area contributed by atoms with Crippen LogP contribution in [0.3, 0.4) is 0 Å². The van der Waals surface area contributed by atoms with E-state index < -0.39 is 0 Å². The van der Waals surface area contributed by atoms with E-state index in [2.05, 4.69) is 90.1 Å². The molecule has 2 nitrogen and oxygen atoms in total. The standard InChI is InChI=1S/C33H46N2.2C4H9.Ni/c1-5-9-13-15-27-20-24-29(25-21-27)33-31(17-12-8-4)30(16-11-7-3)32(35(33)34)28-22-18-26(19-23-28)14-10-6-2;2*1-3-4-2;/h18-25H,5-17H2,1-4H3;2*1,3-4H2,2H3;. The van der Waals surface area contributed by atoms with E-state index in [1.807, 2.05) is 14.4 Å². The maximum absolute atomic E-state index is 11.7. The fraction of sp³-hybridized carbons (Fsp3) is 0.610. The number of nitrogens with zero attached hydrogens (tertiary/aromatic N) is 2. The molecule has 3 rings (SSSR count). The summed E-state index contributed by atoms with van der Waals surface area (Å²) in [5.74, 6) is 0. The molecule has 0 radical (unpaired) electrons. The molecule has 3 heteroatoms. The van der Waals surface area contributed by atoms with Gasteiger partial charge in [-0.25, -0.2) is 4.70 Å². The quantitative estimate of drug-likeness (QED) is 0.0735. The molecule has 248 valence electrons. The van der Waals surface area contributed by atoms with E-state index in [-0.39, 0.29) is 0 Å². The molecule has 0 fully saturated rings. The molecular formula is C41H64N2Ni. The predicted molar refractivity (Wildman–Crippen MR) is 191 cm³/mol. The molecule has 0 aliphatic carbocycles. The average molecular weight is 644 g/mol. The zero-order valence-corrected chi connectivity index (χ0v) is 30.3. The minimum atomic E-state index is 0.994. The van der Waals surface area contributed by atoms with E-state index in [1.54, 1.807) is 0 Å². The van der Waals surface area contributed by atoms with Crippen molar-refractivity contribution < 1.29 is 19.1 Å². The molecule has 0 spiro atoms. The number of benzene rings is 2. The van der Waals surface area contributed by atoms with Gasteiger partial charge < -0.3 is 5.53 Å². The SMILES string of the molecule is CCCCCc1ccc(C2=C(CCCC)C(CCCC)=C(c3ccc(CCCC)cc3)[N+]2=[N-])cc1.CCC[CH2][Ni][CH2]CCC. The fourth-order valence-electron chi connectivity index (χ4n) is 5.57. The summed E-state index contributed by atoms with van der Waals surface area (Å²) in [4.78, 5) is 0. The van der Waals surface area contributed by atoms with Gasteiger partial charge in [0.1, 0.15) is 0 Å². The second kappa shape index (κ2) is 23.4. The van der Waals surface area contributed by atoms with Crippen LogP contribution in [0.2, 0.25) is 10.8 Å². The number of aryl methyl sites for hydroxylation is 2. The Hall–Kier alpha value is -1.99. The molecule has 1 aliphatic rings. The van der Waals surface area contributed by atoms with Crippen LogP contribution < -0.4 is 0 Å². The fourth-order valence-corrected chi connectivity index (χ4v) is 7.01. The van der Waals surface area contributed by atoms with Crippen molar-refractivity contribution in [3.8, 4) is 0 Å². The summed E-state index contributed by atoms with van der Waals surface area (Å²) in [5, 5.41) is 2.78. The maximum atomic E-state index is 11.7. The molecule has 0 saturated heterocycles. The molecule has 2 aromatic carbocycles. The predicted octanol–water partition coefficient (Wildman–Crippen LogP) is 13.8. The summed E-state index contributed by atoms with van der Waals surface area (Å²) in [6.07, 6.45) is 20.6. The normalized spacial score (nSPS) is 13.2. The Labute approximate surface area is 278 Å². The van der Waals surface area contributed by atoms with Crippen LogP contribution in [-0.4, -0.2) is 4.70 Å². The van der Waals surface area contributed by atoms with Crippen molar-refractivity contribution >= 4 is 11.4 Å². The van der Waals surface area contributed by atoms with Gasteiger partial charge in [0.15, 0.2) is 0 Å². The van der Waals surface area contributed by atoms with Crippen molar-refractivity contribution in [3.05, 3.63) is 87.5 Å². The van der Waals surface area contributed by atoms with Crippen LogP contribution in [0.1, 0.15) is 160 Å². The van der Waals surface area contributed by atoms with Gasteiger partial charge in [-0.15, -0.1) is 0 Å². The molecule has 2 aromatic rings. The third-order valence-corrected chi connectivity index (χ3v) is 9.81. The number of hydrogen-bond donors (Lipinski definition) is 0. The van der Waals surface area contributed by atoms with Gasteiger partial charge in [0.25, 0.3) is 0 Å². The number of unbranched alkanes of at least 4 members (excludes halogenated alkanes) is 7. The van der Waals surface area contributed by atoms with Crippen LogP contribution >= 0.6 is 0 Å². The van der Waals surface area contributed by atoms with Gasteiger partial charge in [-0.2, -0.15) is 0 Å². The third kappa shape index (κ3) is 12.8. The van der Waals surface area contributed by atoms with Gasteiger partial charge in [-0.05, 0) is 86.8 Å². The first kappa shape index (κ1) is 38.2. The van der Waals surface area contributed by atoms with E-state index in [0.29, 0.717) is 0 Å². The molecule has 0 atom stereocenters. The Morgan fingerprint density at radius 1 is 0.455 bits per heavy atom. The van der Waals surface area contributed by atoms with Crippen LogP contribution in [0.15, 0.2) is 59.7 Å². The zero-order valence-electron chi connectivity index (χ0n) is 29.3. The Kier molecular flexibility index (Phi) is 20.3. The topological polar surface area (TPSA) is 25.3 Å². The Morgan fingerprint density at radius 3 is 1.20 bits per heavy atom. The molecular weight excluding hydrogens is 579 g/mol. The van der Waals surface area contributed by atoms with Crippen LogP contribution in [0, 0.1) is 0 Å². The van der Waals surface area contributed by atoms with Crippen molar-refractivity contribution in [2.75, 3.05) is 0 Å². The molecule has 0 saturated carbocycles. The van der Waals surface area contributed by atoms with E-state index in [1.165, 1.54) is 95.5 Å². The second-order valence-electron chi connectivity index (χ2n) is 12.3. The van der Waals surface area contributed by atoms with E-state index >= 15 is 0 Å². The monoisotopic (exact) mass is 642 g/mol. The second-order valence-corrected chi connectivity index (χ2v) is 13.8. The molecule has 0 N–H and O–H groups in total. The summed E-state index contributed by atoms with van der Waals surface area (Å²) in [6.45, 7) is 13.5. The summed E-state index contributed by atoms with van der Waals surface area (Å²) in [6, 6.07) is 17.9.